The summed E-state index contributed by atoms with van der Waals surface area (Å²) in [5, 5.41) is 10.0. The van der Waals surface area contributed by atoms with Gasteiger partial charge in [-0.3, -0.25) is 0 Å². The molecular weight excluding hydrogens is 255 g/mol. The molecule has 0 aliphatic carbocycles. The van der Waals surface area contributed by atoms with Gasteiger partial charge in [0.15, 0.2) is 0 Å². The Hall–Kier alpha value is -1.07. The van der Waals surface area contributed by atoms with Gasteiger partial charge in [-0.15, -0.1) is 0 Å². The predicted molar refractivity (Wildman–Crippen MR) is 65.8 cm³/mol. The molecule has 1 unspecified atom stereocenters. The Morgan fingerprint density at radius 1 is 1.26 bits per heavy atom. The first-order chi connectivity index (χ1) is 8.88. The van der Waals surface area contributed by atoms with Crippen molar-refractivity contribution in [2.24, 2.45) is 5.92 Å². The lowest BCUT2D eigenvalue weighted by Crippen LogP contribution is -2.50. The van der Waals surface area contributed by atoms with Crippen LogP contribution in [0.25, 0.3) is 0 Å². The largest absolute Gasteiger partial charge is 0.388 e. The molecule has 1 saturated heterocycles. The molecular formula is C14H17F3NO. The van der Waals surface area contributed by atoms with Crippen molar-refractivity contribution in [3.05, 3.63) is 41.1 Å². The molecule has 0 amide bonds. The summed E-state index contributed by atoms with van der Waals surface area (Å²) < 4.78 is 39.9. The number of hydrogen-bond donors (Lipinski definition) is 1. The van der Waals surface area contributed by atoms with Crippen molar-refractivity contribution in [1.82, 2.24) is 4.90 Å². The molecule has 0 bridgehead atoms. The SMILES string of the molecule is C[C](C)CN1CC(C(O)c2c(F)cc(F)cc2F)C1. The molecule has 2 nitrogen and oxygen atoms in total. The Morgan fingerprint density at radius 2 is 1.79 bits per heavy atom. The van der Waals surface area contributed by atoms with E-state index in [1.807, 2.05) is 13.8 Å². The highest BCUT2D eigenvalue weighted by molar-refractivity contribution is 5.24. The standard InChI is InChI=1S/C14H17F3NO/c1-8(2)5-18-6-9(7-18)14(19)13-11(16)3-10(15)4-12(13)17/h3-4,9,14,19H,5-7H2,1-2H3. The lowest BCUT2D eigenvalue weighted by atomic mass is 9.88. The van der Waals surface area contributed by atoms with E-state index >= 15 is 0 Å². The molecule has 2 rings (SSSR count). The number of nitrogens with zero attached hydrogens (tertiary/aromatic N) is 1. The third kappa shape index (κ3) is 3.09. The van der Waals surface area contributed by atoms with Gasteiger partial charge in [-0.2, -0.15) is 0 Å². The zero-order valence-corrected chi connectivity index (χ0v) is 11.0. The molecule has 0 saturated carbocycles. The second kappa shape index (κ2) is 5.51. The zero-order valence-electron chi connectivity index (χ0n) is 11.0. The fourth-order valence-electron chi connectivity index (χ4n) is 2.46. The average molecular weight is 272 g/mol. The van der Waals surface area contributed by atoms with Crippen molar-refractivity contribution in [3.63, 3.8) is 0 Å². The first-order valence-corrected chi connectivity index (χ1v) is 6.22. The molecule has 1 radical (unpaired) electrons. The minimum atomic E-state index is -1.23. The number of aliphatic hydroxyl groups excluding tert-OH is 1. The van der Waals surface area contributed by atoms with E-state index in [2.05, 4.69) is 4.90 Å². The monoisotopic (exact) mass is 272 g/mol. The van der Waals surface area contributed by atoms with Crippen LogP contribution in [0.1, 0.15) is 25.5 Å². The molecule has 1 N–H and O–H groups in total. The molecule has 1 aliphatic rings. The van der Waals surface area contributed by atoms with Crippen LogP contribution in [0, 0.1) is 29.3 Å². The molecule has 1 aromatic carbocycles. The molecule has 0 spiro atoms. The van der Waals surface area contributed by atoms with Gasteiger partial charge < -0.3 is 10.0 Å². The predicted octanol–water partition coefficient (Wildman–Crippen LogP) is 2.68. The zero-order chi connectivity index (χ0) is 14.2. The smallest absolute Gasteiger partial charge is 0.134 e. The van der Waals surface area contributed by atoms with E-state index in [0.717, 1.165) is 6.54 Å². The summed E-state index contributed by atoms with van der Waals surface area (Å²) in [5.74, 6) is -2.00. The number of aliphatic hydroxyl groups is 1. The summed E-state index contributed by atoms with van der Waals surface area (Å²) in [7, 11) is 0. The minimum Gasteiger partial charge on any atom is -0.388 e. The van der Waals surface area contributed by atoms with Crippen molar-refractivity contribution in [2.45, 2.75) is 20.0 Å². The van der Waals surface area contributed by atoms with Crippen LogP contribution in [0.15, 0.2) is 12.1 Å². The molecule has 105 valence electrons. The summed E-state index contributed by atoms with van der Waals surface area (Å²) in [6, 6.07) is 1.20. The second-order valence-electron chi connectivity index (χ2n) is 5.39. The quantitative estimate of drug-likeness (QED) is 0.911. The van der Waals surface area contributed by atoms with Crippen molar-refractivity contribution >= 4 is 0 Å². The average Bonchev–Trinajstić information content (AvgIpc) is 2.20. The molecule has 1 fully saturated rings. The highest BCUT2D eigenvalue weighted by atomic mass is 19.1. The van der Waals surface area contributed by atoms with Crippen molar-refractivity contribution < 1.29 is 18.3 Å². The van der Waals surface area contributed by atoms with Gasteiger partial charge in [0.25, 0.3) is 0 Å². The van der Waals surface area contributed by atoms with E-state index in [1.54, 1.807) is 0 Å². The number of halogens is 3. The molecule has 0 aromatic heterocycles. The molecule has 1 aromatic rings. The van der Waals surface area contributed by atoms with Gasteiger partial charge in [-0.1, -0.05) is 13.8 Å². The molecule has 1 heterocycles. The van der Waals surface area contributed by atoms with Crippen LogP contribution in [-0.4, -0.2) is 29.6 Å². The number of likely N-dealkylation sites (tertiary alicyclic amines) is 1. The van der Waals surface area contributed by atoms with Crippen LogP contribution >= 0.6 is 0 Å². The van der Waals surface area contributed by atoms with Gasteiger partial charge in [0.05, 0.1) is 11.7 Å². The van der Waals surface area contributed by atoms with Gasteiger partial charge in [0.2, 0.25) is 0 Å². The fraction of sp³-hybridized carbons (Fsp3) is 0.500. The maximum Gasteiger partial charge on any atom is 0.134 e. The fourth-order valence-corrected chi connectivity index (χ4v) is 2.46. The van der Waals surface area contributed by atoms with E-state index in [4.69, 9.17) is 0 Å². The summed E-state index contributed by atoms with van der Waals surface area (Å²) in [6.07, 6.45) is -1.23. The third-order valence-electron chi connectivity index (χ3n) is 3.31. The first-order valence-electron chi connectivity index (χ1n) is 6.22. The van der Waals surface area contributed by atoms with Gasteiger partial charge in [-0.05, 0) is 5.92 Å². The Morgan fingerprint density at radius 3 is 2.26 bits per heavy atom. The molecule has 19 heavy (non-hydrogen) atoms. The maximum atomic E-state index is 13.5. The van der Waals surface area contributed by atoms with Gasteiger partial charge in [0, 0.05) is 37.7 Å². The summed E-state index contributed by atoms with van der Waals surface area (Å²) in [5.41, 5.74) is -0.428. The summed E-state index contributed by atoms with van der Waals surface area (Å²) >= 11 is 0. The summed E-state index contributed by atoms with van der Waals surface area (Å²) in [4.78, 5) is 2.09. The maximum absolute atomic E-state index is 13.5. The highest BCUT2D eigenvalue weighted by Gasteiger charge is 2.36. The van der Waals surface area contributed by atoms with E-state index < -0.39 is 29.1 Å². The Labute approximate surface area is 110 Å². The Kier molecular flexibility index (Phi) is 4.16. The van der Waals surface area contributed by atoms with E-state index in [-0.39, 0.29) is 5.92 Å². The van der Waals surface area contributed by atoms with Gasteiger partial charge >= 0.3 is 0 Å². The lowest BCUT2D eigenvalue weighted by Gasteiger charge is -2.42. The van der Waals surface area contributed by atoms with Crippen molar-refractivity contribution in [1.29, 1.82) is 0 Å². The van der Waals surface area contributed by atoms with Crippen LogP contribution in [0.4, 0.5) is 13.2 Å². The van der Waals surface area contributed by atoms with Crippen LogP contribution in [0.2, 0.25) is 0 Å². The normalized spacial score (nSPS) is 18.7. The lowest BCUT2D eigenvalue weighted by molar-refractivity contribution is -0.00600. The first kappa shape index (κ1) is 14.3. The number of hydrogen-bond acceptors (Lipinski definition) is 2. The second-order valence-corrected chi connectivity index (χ2v) is 5.39. The molecule has 1 aliphatic heterocycles. The third-order valence-corrected chi connectivity index (χ3v) is 3.31. The van der Waals surface area contributed by atoms with Crippen LogP contribution < -0.4 is 0 Å². The van der Waals surface area contributed by atoms with Crippen LogP contribution in [-0.2, 0) is 0 Å². The van der Waals surface area contributed by atoms with E-state index in [0.29, 0.717) is 25.2 Å². The topological polar surface area (TPSA) is 23.5 Å². The molecule has 5 heteroatoms. The Balaban J connectivity index is 2.04. The highest BCUT2D eigenvalue weighted by Crippen LogP contribution is 2.33. The van der Waals surface area contributed by atoms with Crippen molar-refractivity contribution in [2.75, 3.05) is 19.6 Å². The Bertz CT molecular complexity index is 435. The minimum absolute atomic E-state index is 0.214. The van der Waals surface area contributed by atoms with E-state index in [1.165, 1.54) is 5.92 Å². The molecule has 1 atom stereocenters. The van der Waals surface area contributed by atoms with Gasteiger partial charge in [0.1, 0.15) is 17.5 Å². The van der Waals surface area contributed by atoms with Crippen LogP contribution in [0.5, 0.6) is 0 Å². The number of rotatable bonds is 4. The summed E-state index contributed by atoms with van der Waals surface area (Å²) in [6.45, 7) is 5.99. The van der Waals surface area contributed by atoms with Crippen molar-refractivity contribution in [3.8, 4) is 0 Å². The van der Waals surface area contributed by atoms with Gasteiger partial charge in [-0.25, -0.2) is 13.2 Å². The van der Waals surface area contributed by atoms with E-state index in [9.17, 15) is 18.3 Å². The van der Waals surface area contributed by atoms with Crippen LogP contribution in [0.3, 0.4) is 0 Å². The number of benzene rings is 1.